The summed E-state index contributed by atoms with van der Waals surface area (Å²) in [7, 11) is -2.67. The van der Waals surface area contributed by atoms with Crippen LogP contribution in [-0.4, -0.2) is 20.5 Å². The summed E-state index contributed by atoms with van der Waals surface area (Å²) < 4.78 is 59.8. The molecule has 0 bridgehead atoms. The summed E-state index contributed by atoms with van der Waals surface area (Å²) in [6, 6.07) is 13.8. The number of methoxy groups -OCH3 is 1. The van der Waals surface area contributed by atoms with Crippen LogP contribution in [0.4, 0.5) is 8.78 Å². The lowest BCUT2D eigenvalue weighted by atomic mass is 10.0. The number of fused-ring (bicyclic) bond motifs is 1. The molecule has 0 atom stereocenters. The number of ether oxygens (including phenoxy) is 1. The van der Waals surface area contributed by atoms with E-state index in [-0.39, 0.29) is 20.4 Å². The lowest BCUT2D eigenvalue weighted by Gasteiger charge is -2.15. The molecule has 4 nitrogen and oxygen atoms in total. The van der Waals surface area contributed by atoms with Crippen LogP contribution >= 0.6 is 11.6 Å². The van der Waals surface area contributed by atoms with Crippen LogP contribution in [0, 0.1) is 11.6 Å². The second-order valence-electron chi connectivity index (χ2n) is 6.47. The van der Waals surface area contributed by atoms with Crippen molar-refractivity contribution in [1.29, 1.82) is 0 Å². The van der Waals surface area contributed by atoms with Crippen molar-refractivity contribution in [3.8, 4) is 16.9 Å². The van der Waals surface area contributed by atoms with Gasteiger partial charge in [0.05, 0.1) is 27.4 Å². The number of pyridine rings is 1. The summed E-state index contributed by atoms with van der Waals surface area (Å²) in [5, 5.41) is -0.00339. The molecule has 3 aromatic carbocycles. The molecule has 4 rings (SSSR count). The Hall–Kier alpha value is -3.03. The van der Waals surface area contributed by atoms with E-state index in [1.54, 1.807) is 24.3 Å². The summed E-state index contributed by atoms with van der Waals surface area (Å²) >= 11 is 5.80. The Balaban J connectivity index is 2.08. The molecule has 0 N–H and O–H groups in total. The molecule has 0 fully saturated rings. The third-order valence-corrected chi connectivity index (χ3v) is 6.70. The number of hydrogen-bond acceptors (Lipinski definition) is 4. The zero-order chi connectivity index (χ0) is 21.5. The Bertz CT molecular complexity index is 1390. The Morgan fingerprint density at radius 3 is 2.53 bits per heavy atom. The van der Waals surface area contributed by atoms with E-state index in [1.165, 1.54) is 31.5 Å². The minimum absolute atomic E-state index is 0.156. The second kappa shape index (κ2) is 7.66. The van der Waals surface area contributed by atoms with E-state index >= 15 is 0 Å². The first-order valence-corrected chi connectivity index (χ1v) is 10.6. The van der Waals surface area contributed by atoms with Gasteiger partial charge in [-0.15, -0.1) is 0 Å². The normalized spacial score (nSPS) is 11.6. The minimum Gasteiger partial charge on any atom is -0.497 e. The van der Waals surface area contributed by atoms with Gasteiger partial charge in [0.2, 0.25) is 9.84 Å². The van der Waals surface area contributed by atoms with Gasteiger partial charge in [-0.3, -0.25) is 4.98 Å². The van der Waals surface area contributed by atoms with Gasteiger partial charge in [0, 0.05) is 17.1 Å². The number of rotatable bonds is 4. The molecule has 0 saturated carbocycles. The van der Waals surface area contributed by atoms with E-state index in [0.717, 1.165) is 18.2 Å². The number of nitrogens with zero attached hydrogens (tertiary/aromatic N) is 1. The van der Waals surface area contributed by atoms with Crippen molar-refractivity contribution in [1.82, 2.24) is 4.98 Å². The Morgan fingerprint density at radius 2 is 1.80 bits per heavy atom. The Kier molecular flexibility index (Phi) is 5.17. The number of benzene rings is 3. The fourth-order valence-corrected chi connectivity index (χ4v) is 4.90. The van der Waals surface area contributed by atoms with Crippen molar-refractivity contribution >= 4 is 32.3 Å². The largest absolute Gasteiger partial charge is 0.497 e. The van der Waals surface area contributed by atoms with Gasteiger partial charge < -0.3 is 4.74 Å². The summed E-state index contributed by atoms with van der Waals surface area (Å²) in [5.74, 6) is -0.766. The molecule has 0 spiro atoms. The highest BCUT2D eigenvalue weighted by Crippen LogP contribution is 2.38. The first-order valence-electron chi connectivity index (χ1n) is 8.74. The molecular weight excluding hydrogens is 432 g/mol. The summed E-state index contributed by atoms with van der Waals surface area (Å²) in [6.07, 6.45) is 1.21. The van der Waals surface area contributed by atoms with Gasteiger partial charge >= 0.3 is 0 Å². The fraction of sp³-hybridized carbons (Fsp3) is 0.0455. The highest BCUT2D eigenvalue weighted by Gasteiger charge is 2.26. The number of hydrogen-bond donors (Lipinski definition) is 0. The van der Waals surface area contributed by atoms with E-state index in [9.17, 15) is 17.2 Å². The molecule has 0 aliphatic carbocycles. The second-order valence-corrected chi connectivity index (χ2v) is 8.80. The molecule has 0 unspecified atom stereocenters. The first kappa shape index (κ1) is 20.3. The molecule has 0 aliphatic rings. The number of sulfone groups is 1. The predicted octanol–water partition coefficient (Wildman–Crippen LogP) is 5.67. The van der Waals surface area contributed by atoms with Crippen molar-refractivity contribution in [3.05, 3.63) is 83.5 Å². The maximum atomic E-state index is 14.1. The standard InChI is InChI=1S/C22H14ClF2NO3S/c1-29-15-4-2-3-13(9-15)22-17-10-14(24)5-8-20(17)26-12-21(22)30(27,28)16-6-7-19(25)18(23)11-16/h2-12H,1H3. The summed E-state index contributed by atoms with van der Waals surface area (Å²) in [6.45, 7) is 0. The maximum absolute atomic E-state index is 14.1. The molecule has 0 radical (unpaired) electrons. The third-order valence-electron chi connectivity index (χ3n) is 4.64. The molecule has 152 valence electrons. The quantitative estimate of drug-likeness (QED) is 0.379. The maximum Gasteiger partial charge on any atom is 0.208 e. The molecule has 0 amide bonds. The monoisotopic (exact) mass is 445 g/mol. The third kappa shape index (κ3) is 3.51. The molecule has 1 heterocycles. The van der Waals surface area contributed by atoms with Crippen molar-refractivity contribution in [2.75, 3.05) is 7.11 Å². The lowest BCUT2D eigenvalue weighted by Crippen LogP contribution is -2.06. The fourth-order valence-electron chi connectivity index (χ4n) is 3.20. The topological polar surface area (TPSA) is 56.3 Å². The molecule has 4 aromatic rings. The highest BCUT2D eigenvalue weighted by molar-refractivity contribution is 7.91. The van der Waals surface area contributed by atoms with Crippen LogP contribution < -0.4 is 4.74 Å². The summed E-state index contributed by atoms with van der Waals surface area (Å²) in [4.78, 5) is 3.84. The van der Waals surface area contributed by atoms with E-state index in [0.29, 0.717) is 22.2 Å². The van der Waals surface area contributed by atoms with Gasteiger partial charge in [0.25, 0.3) is 0 Å². The molecule has 0 aliphatic heterocycles. The minimum atomic E-state index is -4.16. The van der Waals surface area contributed by atoms with Gasteiger partial charge in [0.15, 0.2) is 0 Å². The molecule has 30 heavy (non-hydrogen) atoms. The van der Waals surface area contributed by atoms with Gasteiger partial charge in [-0.05, 0) is 54.1 Å². The van der Waals surface area contributed by atoms with Crippen LogP contribution in [0.25, 0.3) is 22.0 Å². The average molecular weight is 446 g/mol. The Morgan fingerprint density at radius 1 is 1.00 bits per heavy atom. The molecule has 0 saturated heterocycles. The van der Waals surface area contributed by atoms with E-state index in [1.807, 2.05) is 0 Å². The van der Waals surface area contributed by atoms with E-state index in [2.05, 4.69) is 4.98 Å². The molecule has 8 heteroatoms. The summed E-state index contributed by atoms with van der Waals surface area (Å²) in [5.41, 5.74) is 1.18. The Labute approximate surface area is 176 Å². The van der Waals surface area contributed by atoms with E-state index < -0.39 is 21.5 Å². The smallest absolute Gasteiger partial charge is 0.208 e. The van der Waals surface area contributed by atoms with Gasteiger partial charge in [0.1, 0.15) is 17.4 Å². The van der Waals surface area contributed by atoms with Gasteiger partial charge in [-0.1, -0.05) is 23.7 Å². The van der Waals surface area contributed by atoms with Crippen LogP contribution in [0.2, 0.25) is 5.02 Å². The van der Waals surface area contributed by atoms with Gasteiger partial charge in [-0.25, -0.2) is 17.2 Å². The van der Waals surface area contributed by atoms with Crippen LogP contribution in [-0.2, 0) is 9.84 Å². The van der Waals surface area contributed by atoms with Crippen LogP contribution in [0.1, 0.15) is 0 Å². The number of halogens is 3. The first-order chi connectivity index (χ1) is 14.3. The lowest BCUT2D eigenvalue weighted by molar-refractivity contribution is 0.415. The zero-order valence-corrected chi connectivity index (χ0v) is 17.1. The van der Waals surface area contributed by atoms with Gasteiger partial charge in [-0.2, -0.15) is 0 Å². The van der Waals surface area contributed by atoms with Crippen molar-refractivity contribution in [3.63, 3.8) is 0 Å². The van der Waals surface area contributed by atoms with E-state index in [4.69, 9.17) is 16.3 Å². The average Bonchev–Trinajstić information content (AvgIpc) is 2.74. The highest BCUT2D eigenvalue weighted by atomic mass is 35.5. The van der Waals surface area contributed by atoms with Crippen molar-refractivity contribution in [2.45, 2.75) is 9.79 Å². The molecular formula is C22H14ClF2NO3S. The SMILES string of the molecule is COc1cccc(-c2c(S(=O)(=O)c3ccc(F)c(Cl)c3)cnc3ccc(F)cc23)c1. The predicted molar refractivity (Wildman–Crippen MR) is 111 cm³/mol. The molecule has 1 aromatic heterocycles. The van der Waals surface area contributed by atoms with Crippen molar-refractivity contribution in [2.24, 2.45) is 0 Å². The van der Waals surface area contributed by atoms with Crippen LogP contribution in [0.15, 0.2) is 76.7 Å². The van der Waals surface area contributed by atoms with Crippen LogP contribution in [0.5, 0.6) is 5.75 Å². The zero-order valence-electron chi connectivity index (χ0n) is 15.6. The van der Waals surface area contributed by atoms with Crippen molar-refractivity contribution < 1.29 is 21.9 Å². The number of aromatic nitrogens is 1. The van der Waals surface area contributed by atoms with Crippen LogP contribution in [0.3, 0.4) is 0 Å².